The maximum absolute atomic E-state index is 14.6. The van der Waals surface area contributed by atoms with E-state index < -0.39 is 5.82 Å². The predicted molar refractivity (Wildman–Crippen MR) is 125 cm³/mol. The molecule has 1 amide bonds. The number of rotatable bonds is 6. The molecule has 3 aromatic carbocycles. The molecular weight excluding hydrogens is 419 g/mol. The Morgan fingerprint density at radius 3 is 2.73 bits per heavy atom. The molecule has 5 rings (SSSR count). The fourth-order valence-electron chi connectivity index (χ4n) is 4.39. The first-order chi connectivity index (χ1) is 16.0. The number of amides is 1. The van der Waals surface area contributed by atoms with Crippen LogP contribution in [0.15, 0.2) is 60.7 Å². The largest absolute Gasteiger partial charge is 0.454 e. The summed E-state index contributed by atoms with van der Waals surface area (Å²) in [6, 6.07) is 18.4. The number of hydrogen-bond acceptors (Lipinski definition) is 3. The molecule has 1 aromatic heterocycles. The maximum Gasteiger partial charge on any atom is 0.257 e. The highest BCUT2D eigenvalue weighted by Crippen LogP contribution is 2.33. The van der Waals surface area contributed by atoms with Crippen LogP contribution in [0.25, 0.3) is 10.9 Å². The molecule has 0 bridgehead atoms. The van der Waals surface area contributed by atoms with Gasteiger partial charge in [0.25, 0.3) is 5.91 Å². The first kappa shape index (κ1) is 21.1. The lowest BCUT2D eigenvalue weighted by molar-refractivity contribution is 0.0740. The van der Waals surface area contributed by atoms with Gasteiger partial charge in [0.2, 0.25) is 6.79 Å². The van der Waals surface area contributed by atoms with E-state index in [-0.39, 0.29) is 18.3 Å². The van der Waals surface area contributed by atoms with Gasteiger partial charge < -0.3 is 19.4 Å². The van der Waals surface area contributed by atoms with Crippen LogP contribution in [0, 0.1) is 19.7 Å². The highest BCUT2D eigenvalue weighted by atomic mass is 19.1. The van der Waals surface area contributed by atoms with Gasteiger partial charge in [0.05, 0.1) is 5.56 Å². The van der Waals surface area contributed by atoms with Crippen LogP contribution in [0.1, 0.15) is 32.7 Å². The van der Waals surface area contributed by atoms with Gasteiger partial charge >= 0.3 is 0 Å². The molecule has 0 radical (unpaired) electrons. The van der Waals surface area contributed by atoms with Gasteiger partial charge in [-0.05, 0) is 61.7 Å². The third-order valence-corrected chi connectivity index (χ3v) is 6.11. The second-order valence-corrected chi connectivity index (χ2v) is 8.42. The average molecular weight is 445 g/mol. The third kappa shape index (κ3) is 4.16. The summed E-state index contributed by atoms with van der Waals surface area (Å²) in [5.41, 5.74) is 5.15. The molecule has 1 aliphatic rings. The Morgan fingerprint density at radius 1 is 1.03 bits per heavy atom. The van der Waals surface area contributed by atoms with Crippen LogP contribution in [0.4, 0.5) is 4.39 Å². The van der Waals surface area contributed by atoms with Crippen molar-refractivity contribution in [2.75, 3.05) is 13.3 Å². The zero-order valence-electron chi connectivity index (χ0n) is 18.7. The highest BCUT2D eigenvalue weighted by Gasteiger charge is 2.22. The van der Waals surface area contributed by atoms with Crippen LogP contribution >= 0.6 is 0 Å². The van der Waals surface area contributed by atoms with Gasteiger partial charge in [0.1, 0.15) is 5.82 Å². The van der Waals surface area contributed by atoms with E-state index in [1.54, 1.807) is 17.0 Å². The topological polar surface area (TPSA) is 54.6 Å². The van der Waals surface area contributed by atoms with Gasteiger partial charge in [-0.2, -0.15) is 0 Å². The Morgan fingerprint density at radius 2 is 1.85 bits per heavy atom. The van der Waals surface area contributed by atoms with Crippen molar-refractivity contribution in [2.45, 2.75) is 26.8 Å². The number of nitrogens with one attached hydrogen (secondary N) is 1. The number of carbonyl (C=O) groups excluding carboxylic acids is 1. The normalized spacial score (nSPS) is 12.3. The Bertz CT molecular complexity index is 1340. The lowest BCUT2D eigenvalue weighted by Gasteiger charge is -2.24. The van der Waals surface area contributed by atoms with Crippen LogP contribution in [0.2, 0.25) is 0 Å². The molecule has 5 nitrogen and oxygen atoms in total. The fourth-order valence-corrected chi connectivity index (χ4v) is 4.39. The Labute approximate surface area is 191 Å². The minimum absolute atomic E-state index is 0.0893. The SMILES string of the molecule is Cc1ccc(F)c(C(=O)N(CCc2c(C)[nH]c3ccccc23)Cc2ccc3c(c2)OCO3)c1. The van der Waals surface area contributed by atoms with Crippen molar-refractivity contribution in [3.63, 3.8) is 0 Å². The second-order valence-electron chi connectivity index (χ2n) is 8.42. The molecule has 1 N–H and O–H groups in total. The first-order valence-electron chi connectivity index (χ1n) is 11.0. The van der Waals surface area contributed by atoms with Crippen molar-refractivity contribution in [2.24, 2.45) is 0 Å². The zero-order chi connectivity index (χ0) is 22.9. The summed E-state index contributed by atoms with van der Waals surface area (Å²) in [6.45, 7) is 4.87. The Kier molecular flexibility index (Phi) is 5.50. The maximum atomic E-state index is 14.6. The van der Waals surface area contributed by atoms with E-state index in [1.165, 1.54) is 11.6 Å². The minimum atomic E-state index is -0.510. The summed E-state index contributed by atoms with van der Waals surface area (Å²) in [6.07, 6.45) is 0.652. The Hall–Kier alpha value is -3.80. The minimum Gasteiger partial charge on any atom is -0.454 e. The molecule has 2 heterocycles. The number of nitrogens with zero attached hydrogens (tertiary/aromatic N) is 1. The molecule has 6 heteroatoms. The monoisotopic (exact) mass is 444 g/mol. The van der Waals surface area contributed by atoms with E-state index in [2.05, 4.69) is 11.1 Å². The fraction of sp³-hybridized carbons (Fsp3) is 0.222. The summed E-state index contributed by atoms with van der Waals surface area (Å²) in [5, 5.41) is 1.15. The number of H-pyrrole nitrogens is 1. The zero-order valence-corrected chi connectivity index (χ0v) is 18.7. The molecule has 0 saturated heterocycles. The lowest BCUT2D eigenvalue weighted by atomic mass is 10.1. The molecule has 0 saturated carbocycles. The van der Waals surface area contributed by atoms with Crippen molar-refractivity contribution in [3.8, 4) is 11.5 Å². The van der Waals surface area contributed by atoms with E-state index in [4.69, 9.17) is 9.47 Å². The first-order valence-corrected chi connectivity index (χ1v) is 11.0. The number of benzene rings is 3. The van der Waals surface area contributed by atoms with Crippen molar-refractivity contribution in [1.82, 2.24) is 9.88 Å². The van der Waals surface area contributed by atoms with E-state index in [0.717, 1.165) is 27.7 Å². The molecule has 0 fully saturated rings. The van der Waals surface area contributed by atoms with Crippen LogP contribution < -0.4 is 9.47 Å². The van der Waals surface area contributed by atoms with Gasteiger partial charge in [0, 0.05) is 29.7 Å². The smallest absolute Gasteiger partial charge is 0.257 e. The standard InChI is InChI=1S/C27H25FN2O3/c1-17-7-9-23(28)22(13-17)27(31)30(15-19-8-10-25-26(14-19)33-16-32-25)12-11-20-18(2)29-24-6-4-3-5-21(20)24/h3-10,13-14,29H,11-12,15-16H2,1-2H3. The van der Waals surface area contributed by atoms with Crippen LogP contribution in [-0.2, 0) is 13.0 Å². The summed E-state index contributed by atoms with van der Waals surface area (Å²) in [5.74, 6) is 0.515. The quantitative estimate of drug-likeness (QED) is 0.425. The molecule has 0 atom stereocenters. The molecular formula is C27H25FN2O3. The van der Waals surface area contributed by atoms with Gasteiger partial charge in [-0.25, -0.2) is 4.39 Å². The number of aromatic nitrogens is 1. The van der Waals surface area contributed by atoms with Crippen LogP contribution in [0.3, 0.4) is 0 Å². The number of aryl methyl sites for hydroxylation is 2. The molecule has 33 heavy (non-hydrogen) atoms. The number of carbonyl (C=O) groups is 1. The summed E-state index contributed by atoms with van der Waals surface area (Å²) < 4.78 is 25.5. The number of para-hydroxylation sites is 1. The van der Waals surface area contributed by atoms with Gasteiger partial charge in [-0.15, -0.1) is 0 Å². The van der Waals surface area contributed by atoms with Gasteiger partial charge in [-0.3, -0.25) is 4.79 Å². The highest BCUT2D eigenvalue weighted by molar-refractivity contribution is 5.94. The summed E-state index contributed by atoms with van der Waals surface area (Å²) in [7, 11) is 0. The van der Waals surface area contributed by atoms with Crippen LogP contribution in [-0.4, -0.2) is 29.1 Å². The van der Waals surface area contributed by atoms with Crippen LogP contribution in [0.5, 0.6) is 11.5 Å². The second kappa shape index (κ2) is 8.62. The van der Waals surface area contributed by atoms with E-state index >= 15 is 0 Å². The molecule has 1 aliphatic heterocycles. The summed E-state index contributed by atoms with van der Waals surface area (Å²) >= 11 is 0. The number of aromatic amines is 1. The third-order valence-electron chi connectivity index (χ3n) is 6.11. The average Bonchev–Trinajstić information content (AvgIpc) is 3.41. The molecule has 0 unspecified atom stereocenters. The van der Waals surface area contributed by atoms with Crippen molar-refractivity contribution < 1.29 is 18.7 Å². The number of fused-ring (bicyclic) bond motifs is 2. The molecule has 0 aliphatic carbocycles. The molecule has 4 aromatic rings. The number of ether oxygens (including phenoxy) is 2. The molecule has 0 spiro atoms. The number of halogens is 1. The van der Waals surface area contributed by atoms with E-state index in [0.29, 0.717) is 31.0 Å². The van der Waals surface area contributed by atoms with E-state index in [9.17, 15) is 9.18 Å². The van der Waals surface area contributed by atoms with Crippen molar-refractivity contribution in [1.29, 1.82) is 0 Å². The van der Waals surface area contributed by atoms with Gasteiger partial charge in [0.15, 0.2) is 11.5 Å². The lowest BCUT2D eigenvalue weighted by Crippen LogP contribution is -2.33. The van der Waals surface area contributed by atoms with Gasteiger partial charge in [-0.1, -0.05) is 35.9 Å². The predicted octanol–water partition coefficient (Wildman–Crippen LogP) is 5.54. The Balaban J connectivity index is 1.45. The summed E-state index contributed by atoms with van der Waals surface area (Å²) in [4.78, 5) is 18.6. The molecule has 168 valence electrons. The van der Waals surface area contributed by atoms with Crippen molar-refractivity contribution >= 4 is 16.8 Å². The van der Waals surface area contributed by atoms with E-state index in [1.807, 2.05) is 50.2 Å². The van der Waals surface area contributed by atoms with Crippen molar-refractivity contribution in [3.05, 3.63) is 94.4 Å². The number of hydrogen-bond donors (Lipinski definition) is 1.